The van der Waals surface area contributed by atoms with Crippen molar-refractivity contribution in [2.75, 3.05) is 0 Å². The maximum atomic E-state index is 12.1. The zero-order valence-corrected chi connectivity index (χ0v) is 12.4. The van der Waals surface area contributed by atoms with Crippen molar-refractivity contribution in [1.29, 1.82) is 0 Å². The van der Waals surface area contributed by atoms with Gasteiger partial charge in [-0.25, -0.2) is 8.42 Å². The molecule has 0 radical (unpaired) electrons. The van der Waals surface area contributed by atoms with Crippen molar-refractivity contribution in [3.63, 3.8) is 0 Å². The van der Waals surface area contributed by atoms with E-state index < -0.39 is 21.5 Å². The topological polar surface area (TPSA) is 83.5 Å². The summed E-state index contributed by atoms with van der Waals surface area (Å²) < 4.78 is 26.9. The first-order valence-electron chi connectivity index (χ1n) is 5.25. The predicted octanol–water partition coefficient (Wildman–Crippen LogP) is 1.98. The summed E-state index contributed by atoms with van der Waals surface area (Å²) in [7, 11) is -3.88. The van der Waals surface area contributed by atoms with Crippen LogP contribution in [0.3, 0.4) is 0 Å². The molecule has 0 aromatic heterocycles. The molecular formula is C11H14BrNO4S. The smallest absolute Gasteiger partial charge is 0.324 e. The molecule has 0 fully saturated rings. The molecule has 0 aliphatic rings. The van der Waals surface area contributed by atoms with Crippen molar-refractivity contribution in [2.45, 2.75) is 30.7 Å². The summed E-state index contributed by atoms with van der Waals surface area (Å²) in [4.78, 5) is 11.1. The summed E-state index contributed by atoms with van der Waals surface area (Å²) in [5, 5.41) is 9.07. The first kappa shape index (κ1) is 15.1. The Morgan fingerprint density at radius 1 is 1.44 bits per heavy atom. The average Bonchev–Trinajstić information content (AvgIpc) is 2.28. The van der Waals surface area contributed by atoms with E-state index in [2.05, 4.69) is 20.7 Å². The number of carboxylic acids is 1. The molecule has 18 heavy (non-hydrogen) atoms. The Morgan fingerprint density at radius 3 is 2.44 bits per heavy atom. The van der Waals surface area contributed by atoms with Gasteiger partial charge in [0.05, 0.1) is 4.90 Å². The third-order valence-corrected chi connectivity index (χ3v) is 5.27. The molecule has 5 nitrogen and oxygen atoms in total. The number of rotatable bonds is 5. The van der Waals surface area contributed by atoms with Crippen LogP contribution in [0.15, 0.2) is 33.6 Å². The lowest BCUT2D eigenvalue weighted by molar-refractivity contribution is -0.143. The SMILES string of the molecule is CCC(C)(NS(=O)(=O)c1ccccc1Br)C(=O)O. The summed E-state index contributed by atoms with van der Waals surface area (Å²) in [6, 6.07) is 6.24. The Morgan fingerprint density at radius 2 is 2.00 bits per heavy atom. The van der Waals surface area contributed by atoms with Crippen LogP contribution in [0.4, 0.5) is 0 Å². The Labute approximate surface area is 114 Å². The van der Waals surface area contributed by atoms with E-state index in [1.54, 1.807) is 25.1 Å². The molecule has 1 rings (SSSR count). The maximum absolute atomic E-state index is 12.1. The highest BCUT2D eigenvalue weighted by Crippen LogP contribution is 2.23. The van der Waals surface area contributed by atoms with E-state index in [9.17, 15) is 13.2 Å². The number of sulfonamides is 1. The van der Waals surface area contributed by atoms with Crippen molar-refractivity contribution in [1.82, 2.24) is 4.72 Å². The van der Waals surface area contributed by atoms with Crippen molar-refractivity contribution < 1.29 is 18.3 Å². The van der Waals surface area contributed by atoms with E-state index in [1.807, 2.05) is 0 Å². The van der Waals surface area contributed by atoms with E-state index in [-0.39, 0.29) is 11.3 Å². The molecule has 0 aliphatic heterocycles. The molecule has 0 spiro atoms. The Kier molecular flexibility index (Phi) is 4.52. The lowest BCUT2D eigenvalue weighted by Gasteiger charge is -2.24. The Bertz CT molecular complexity index is 558. The number of hydrogen-bond donors (Lipinski definition) is 2. The predicted molar refractivity (Wildman–Crippen MR) is 70.8 cm³/mol. The quantitative estimate of drug-likeness (QED) is 0.861. The van der Waals surface area contributed by atoms with Gasteiger partial charge in [-0.15, -0.1) is 0 Å². The van der Waals surface area contributed by atoms with Gasteiger partial charge in [-0.05, 0) is 41.4 Å². The summed E-state index contributed by atoms with van der Waals surface area (Å²) in [6.45, 7) is 2.94. The highest BCUT2D eigenvalue weighted by atomic mass is 79.9. The van der Waals surface area contributed by atoms with Crippen LogP contribution >= 0.6 is 15.9 Å². The number of benzene rings is 1. The number of nitrogens with one attached hydrogen (secondary N) is 1. The van der Waals surface area contributed by atoms with Gasteiger partial charge < -0.3 is 5.11 Å². The Balaban J connectivity index is 3.18. The van der Waals surface area contributed by atoms with E-state index >= 15 is 0 Å². The fraction of sp³-hybridized carbons (Fsp3) is 0.364. The number of hydrogen-bond acceptors (Lipinski definition) is 3. The van der Waals surface area contributed by atoms with E-state index in [1.165, 1.54) is 13.0 Å². The fourth-order valence-electron chi connectivity index (χ4n) is 1.28. The molecule has 100 valence electrons. The second-order valence-electron chi connectivity index (χ2n) is 4.03. The zero-order valence-electron chi connectivity index (χ0n) is 9.97. The minimum absolute atomic E-state index is 0.0194. The van der Waals surface area contributed by atoms with Gasteiger partial charge >= 0.3 is 5.97 Å². The van der Waals surface area contributed by atoms with Crippen LogP contribution in [0.2, 0.25) is 0 Å². The molecule has 1 atom stereocenters. The molecule has 1 aromatic carbocycles. The third-order valence-electron chi connectivity index (χ3n) is 2.66. The van der Waals surface area contributed by atoms with Gasteiger partial charge in [-0.3, -0.25) is 4.79 Å². The molecule has 0 aliphatic carbocycles. The summed E-state index contributed by atoms with van der Waals surface area (Å²) in [5.41, 5.74) is -1.52. The molecule has 7 heteroatoms. The monoisotopic (exact) mass is 335 g/mol. The Hall–Kier alpha value is -0.920. The molecule has 0 saturated carbocycles. The molecular weight excluding hydrogens is 322 g/mol. The van der Waals surface area contributed by atoms with Crippen LogP contribution in [0.25, 0.3) is 0 Å². The summed E-state index contributed by atoms with van der Waals surface area (Å²) >= 11 is 3.13. The van der Waals surface area contributed by atoms with Crippen molar-refractivity contribution >= 4 is 31.9 Å². The van der Waals surface area contributed by atoms with E-state index in [0.29, 0.717) is 4.47 Å². The van der Waals surface area contributed by atoms with Crippen LogP contribution in [-0.4, -0.2) is 25.0 Å². The first-order valence-corrected chi connectivity index (χ1v) is 7.52. The van der Waals surface area contributed by atoms with E-state index in [4.69, 9.17) is 5.11 Å². The maximum Gasteiger partial charge on any atom is 0.324 e. The van der Waals surface area contributed by atoms with Crippen LogP contribution < -0.4 is 4.72 Å². The number of carboxylic acid groups (broad SMARTS) is 1. The molecule has 0 amide bonds. The summed E-state index contributed by atoms with van der Waals surface area (Å²) in [6.07, 6.45) is 0.145. The third kappa shape index (κ3) is 3.09. The van der Waals surface area contributed by atoms with Gasteiger partial charge in [0.15, 0.2) is 0 Å². The standard InChI is InChI=1S/C11H14BrNO4S/c1-3-11(2,10(14)15)13-18(16,17)9-7-5-4-6-8(9)12/h4-7,13H,3H2,1-2H3,(H,14,15). The zero-order chi connectivity index (χ0) is 14.0. The van der Waals surface area contributed by atoms with Gasteiger partial charge in [-0.2, -0.15) is 4.72 Å². The highest BCUT2D eigenvalue weighted by molar-refractivity contribution is 9.10. The van der Waals surface area contributed by atoms with Crippen molar-refractivity contribution in [3.05, 3.63) is 28.7 Å². The molecule has 1 aromatic rings. The number of halogens is 1. The number of carbonyl (C=O) groups is 1. The second kappa shape index (κ2) is 5.38. The van der Waals surface area contributed by atoms with Gasteiger partial charge in [0.2, 0.25) is 10.0 Å². The largest absolute Gasteiger partial charge is 0.480 e. The summed E-state index contributed by atoms with van der Waals surface area (Å²) in [5.74, 6) is -1.21. The van der Waals surface area contributed by atoms with Crippen LogP contribution in [0, 0.1) is 0 Å². The lowest BCUT2D eigenvalue weighted by Crippen LogP contribution is -2.51. The normalized spacial score (nSPS) is 15.1. The van der Waals surface area contributed by atoms with Crippen molar-refractivity contribution in [2.24, 2.45) is 0 Å². The fourth-order valence-corrected chi connectivity index (χ4v) is 3.72. The van der Waals surface area contributed by atoms with Crippen LogP contribution in [0.5, 0.6) is 0 Å². The van der Waals surface area contributed by atoms with Gasteiger partial charge in [0.25, 0.3) is 0 Å². The van der Waals surface area contributed by atoms with Crippen LogP contribution in [0.1, 0.15) is 20.3 Å². The average molecular weight is 336 g/mol. The van der Waals surface area contributed by atoms with Gasteiger partial charge in [-0.1, -0.05) is 19.1 Å². The molecule has 0 saturated heterocycles. The minimum Gasteiger partial charge on any atom is -0.480 e. The highest BCUT2D eigenvalue weighted by Gasteiger charge is 2.36. The van der Waals surface area contributed by atoms with Crippen LogP contribution in [-0.2, 0) is 14.8 Å². The molecule has 0 bridgehead atoms. The van der Waals surface area contributed by atoms with Crippen molar-refractivity contribution in [3.8, 4) is 0 Å². The molecule has 0 heterocycles. The first-order chi connectivity index (χ1) is 8.23. The molecule has 1 unspecified atom stereocenters. The second-order valence-corrected chi connectivity index (χ2v) is 6.53. The lowest BCUT2D eigenvalue weighted by atomic mass is 10.0. The molecule has 2 N–H and O–H groups in total. The van der Waals surface area contributed by atoms with Gasteiger partial charge in [0, 0.05) is 4.47 Å². The van der Waals surface area contributed by atoms with Gasteiger partial charge in [0.1, 0.15) is 5.54 Å². The minimum atomic E-state index is -3.88. The number of aliphatic carboxylic acids is 1. The van der Waals surface area contributed by atoms with E-state index in [0.717, 1.165) is 0 Å².